The van der Waals surface area contributed by atoms with Crippen molar-refractivity contribution in [1.29, 1.82) is 0 Å². The molecule has 4 heterocycles. The highest BCUT2D eigenvalue weighted by molar-refractivity contribution is 5.02. The van der Waals surface area contributed by atoms with E-state index in [0.717, 1.165) is 0 Å². The van der Waals surface area contributed by atoms with Gasteiger partial charge in [0.1, 0.15) is 24.4 Å². The number of ether oxygens (including phenoxy) is 3. The zero-order valence-corrected chi connectivity index (χ0v) is 5.27. The predicted molar refractivity (Wildman–Crippen MR) is 29.3 cm³/mol. The quantitative estimate of drug-likeness (QED) is 0.467. The standard InChI is InChI=1S/C6H8O4/c7-3-4-2-1-8-6(10-4)5(3)9-2/h2-7H,1H2. The van der Waals surface area contributed by atoms with Crippen LogP contribution in [0.25, 0.3) is 0 Å². The summed E-state index contributed by atoms with van der Waals surface area (Å²) < 4.78 is 15.8. The van der Waals surface area contributed by atoms with Gasteiger partial charge in [-0.25, -0.2) is 0 Å². The third-order valence-corrected chi connectivity index (χ3v) is 2.36. The molecule has 4 rings (SSSR count). The van der Waals surface area contributed by atoms with Crippen LogP contribution in [0.3, 0.4) is 0 Å². The number of rotatable bonds is 0. The Hall–Kier alpha value is -0.160. The predicted octanol–water partition coefficient (Wildman–Crippen LogP) is -1.13. The van der Waals surface area contributed by atoms with E-state index in [1.54, 1.807) is 0 Å². The first-order valence-electron chi connectivity index (χ1n) is 3.47. The third kappa shape index (κ3) is 0.441. The van der Waals surface area contributed by atoms with Crippen LogP contribution in [0.4, 0.5) is 0 Å². The van der Waals surface area contributed by atoms with Gasteiger partial charge in [0.15, 0.2) is 6.29 Å². The molecular formula is C6H8O4. The average Bonchev–Trinajstić information content (AvgIpc) is 2.42. The molecule has 5 unspecified atom stereocenters. The highest BCUT2D eigenvalue weighted by atomic mass is 16.8. The summed E-state index contributed by atoms with van der Waals surface area (Å²) >= 11 is 0. The molecule has 0 aliphatic carbocycles. The molecule has 5 atom stereocenters. The number of aliphatic hydroxyl groups excluding tert-OH is 1. The lowest BCUT2D eigenvalue weighted by molar-refractivity contribution is -0.301. The molecule has 1 N–H and O–H groups in total. The van der Waals surface area contributed by atoms with E-state index in [-0.39, 0.29) is 24.6 Å². The van der Waals surface area contributed by atoms with Gasteiger partial charge < -0.3 is 19.3 Å². The van der Waals surface area contributed by atoms with E-state index in [0.29, 0.717) is 6.61 Å². The highest BCUT2D eigenvalue weighted by Crippen LogP contribution is 2.40. The third-order valence-electron chi connectivity index (χ3n) is 2.36. The molecule has 0 spiro atoms. The molecule has 4 nitrogen and oxygen atoms in total. The molecule has 4 heteroatoms. The zero-order chi connectivity index (χ0) is 6.72. The first-order chi connectivity index (χ1) is 4.86. The van der Waals surface area contributed by atoms with Gasteiger partial charge in [0.25, 0.3) is 0 Å². The van der Waals surface area contributed by atoms with Crippen LogP contribution in [0, 0.1) is 0 Å². The van der Waals surface area contributed by atoms with Crippen molar-refractivity contribution >= 4 is 0 Å². The van der Waals surface area contributed by atoms with Crippen LogP contribution in [-0.4, -0.2) is 42.4 Å². The number of hydrogen-bond acceptors (Lipinski definition) is 4. The average molecular weight is 144 g/mol. The second-order valence-corrected chi connectivity index (χ2v) is 2.93. The molecule has 4 bridgehead atoms. The highest BCUT2D eigenvalue weighted by Gasteiger charge is 2.59. The molecule has 0 saturated carbocycles. The summed E-state index contributed by atoms with van der Waals surface area (Å²) in [5.74, 6) is 0. The van der Waals surface area contributed by atoms with Crippen LogP contribution >= 0.6 is 0 Å². The van der Waals surface area contributed by atoms with Crippen molar-refractivity contribution in [3.8, 4) is 0 Å². The summed E-state index contributed by atoms with van der Waals surface area (Å²) in [6.07, 6.45) is -1.13. The minimum Gasteiger partial charge on any atom is -0.387 e. The van der Waals surface area contributed by atoms with Crippen LogP contribution in [-0.2, 0) is 14.2 Å². The van der Waals surface area contributed by atoms with Gasteiger partial charge in [-0.15, -0.1) is 0 Å². The largest absolute Gasteiger partial charge is 0.387 e. The van der Waals surface area contributed by atoms with E-state index in [1.165, 1.54) is 0 Å². The van der Waals surface area contributed by atoms with Gasteiger partial charge in [-0.2, -0.15) is 0 Å². The number of aliphatic hydroxyl groups is 1. The summed E-state index contributed by atoms with van der Waals surface area (Å²) in [6.45, 7) is 0.572. The fourth-order valence-electron chi connectivity index (χ4n) is 1.85. The van der Waals surface area contributed by atoms with Crippen molar-refractivity contribution in [2.45, 2.75) is 30.7 Å². The van der Waals surface area contributed by atoms with Gasteiger partial charge in [-0.05, 0) is 0 Å². The Morgan fingerprint density at radius 1 is 1.20 bits per heavy atom. The minimum atomic E-state index is -0.461. The topological polar surface area (TPSA) is 47.9 Å². The number of hydrogen-bond donors (Lipinski definition) is 1. The van der Waals surface area contributed by atoms with E-state index >= 15 is 0 Å². The SMILES string of the molecule is OC1C2OC3OCC2OC31. The normalized spacial score (nSPS) is 63.9. The van der Waals surface area contributed by atoms with Crippen LogP contribution < -0.4 is 0 Å². The van der Waals surface area contributed by atoms with E-state index < -0.39 is 6.10 Å². The summed E-state index contributed by atoms with van der Waals surface area (Å²) in [4.78, 5) is 0. The lowest BCUT2D eigenvalue weighted by atomic mass is 10.1. The lowest BCUT2D eigenvalue weighted by Gasteiger charge is -2.34. The maximum absolute atomic E-state index is 9.38. The summed E-state index contributed by atoms with van der Waals surface area (Å²) in [5.41, 5.74) is 0. The molecule has 56 valence electrons. The van der Waals surface area contributed by atoms with Crippen molar-refractivity contribution in [3.05, 3.63) is 0 Å². The maximum Gasteiger partial charge on any atom is 0.187 e. The monoisotopic (exact) mass is 144 g/mol. The van der Waals surface area contributed by atoms with Gasteiger partial charge in [0, 0.05) is 0 Å². The van der Waals surface area contributed by atoms with Gasteiger partial charge in [0.05, 0.1) is 6.61 Å². The van der Waals surface area contributed by atoms with Crippen molar-refractivity contribution in [2.24, 2.45) is 0 Å². The van der Waals surface area contributed by atoms with Crippen LogP contribution in [0.1, 0.15) is 0 Å². The van der Waals surface area contributed by atoms with Gasteiger partial charge in [-0.3, -0.25) is 0 Å². The van der Waals surface area contributed by atoms with Crippen LogP contribution in [0.5, 0.6) is 0 Å². The first kappa shape index (κ1) is 5.49. The Morgan fingerprint density at radius 3 is 2.50 bits per heavy atom. The fourth-order valence-corrected chi connectivity index (χ4v) is 1.85. The first-order valence-corrected chi connectivity index (χ1v) is 3.47. The molecule has 0 aromatic rings. The summed E-state index contributed by atoms with van der Waals surface area (Å²) in [5, 5.41) is 9.38. The van der Waals surface area contributed by atoms with E-state index in [4.69, 9.17) is 14.2 Å². The molecule has 0 radical (unpaired) electrons. The Labute approximate surface area is 57.7 Å². The fraction of sp³-hybridized carbons (Fsp3) is 1.00. The molecule has 4 aliphatic rings. The molecule has 4 aliphatic heterocycles. The van der Waals surface area contributed by atoms with Crippen molar-refractivity contribution in [3.63, 3.8) is 0 Å². The molecule has 10 heavy (non-hydrogen) atoms. The van der Waals surface area contributed by atoms with Crippen molar-refractivity contribution < 1.29 is 19.3 Å². The van der Waals surface area contributed by atoms with E-state index in [2.05, 4.69) is 0 Å². The lowest BCUT2D eigenvalue weighted by Crippen LogP contribution is -2.46. The number of fused-ring (bicyclic) bond motifs is 1. The van der Waals surface area contributed by atoms with Crippen LogP contribution in [0.15, 0.2) is 0 Å². The van der Waals surface area contributed by atoms with E-state index in [1.807, 2.05) is 0 Å². The van der Waals surface area contributed by atoms with Crippen molar-refractivity contribution in [1.82, 2.24) is 0 Å². The molecule has 0 aromatic carbocycles. The molecular weight excluding hydrogens is 136 g/mol. The Morgan fingerprint density at radius 2 is 2.10 bits per heavy atom. The molecule has 0 amide bonds. The van der Waals surface area contributed by atoms with Crippen LogP contribution in [0.2, 0.25) is 0 Å². The van der Waals surface area contributed by atoms with Gasteiger partial charge in [0.2, 0.25) is 0 Å². The van der Waals surface area contributed by atoms with Crippen molar-refractivity contribution in [2.75, 3.05) is 6.61 Å². The molecule has 4 fully saturated rings. The molecule has 0 aromatic heterocycles. The van der Waals surface area contributed by atoms with Gasteiger partial charge >= 0.3 is 0 Å². The van der Waals surface area contributed by atoms with Gasteiger partial charge in [-0.1, -0.05) is 0 Å². The Kier molecular flexibility index (Phi) is 0.840. The maximum atomic E-state index is 9.38. The zero-order valence-electron chi connectivity index (χ0n) is 5.27. The Balaban J connectivity index is 2.01. The minimum absolute atomic E-state index is 0.0231. The second-order valence-electron chi connectivity index (χ2n) is 2.93. The molecule has 4 saturated heterocycles. The smallest absolute Gasteiger partial charge is 0.187 e. The summed E-state index contributed by atoms with van der Waals surface area (Å²) in [6, 6.07) is 0. The Bertz CT molecular complexity index is 149. The summed E-state index contributed by atoms with van der Waals surface area (Å²) in [7, 11) is 0. The van der Waals surface area contributed by atoms with E-state index in [9.17, 15) is 5.11 Å². The second kappa shape index (κ2) is 1.53.